The van der Waals surface area contributed by atoms with E-state index in [2.05, 4.69) is 23.8 Å². The molecule has 0 radical (unpaired) electrons. The van der Waals surface area contributed by atoms with E-state index in [-0.39, 0.29) is 17.9 Å². The Morgan fingerprint density at radius 3 is 2.31 bits per heavy atom. The summed E-state index contributed by atoms with van der Waals surface area (Å²) in [6.45, 7) is 6.66. The summed E-state index contributed by atoms with van der Waals surface area (Å²) in [5.41, 5.74) is 1.11. The van der Waals surface area contributed by atoms with Crippen LogP contribution in [-0.2, 0) is 6.18 Å². The maximum atomic E-state index is 13.5. The summed E-state index contributed by atoms with van der Waals surface area (Å²) in [7, 11) is 0. The monoisotopic (exact) mass is 407 g/mol. The van der Waals surface area contributed by atoms with E-state index in [1.165, 1.54) is 5.56 Å². The van der Waals surface area contributed by atoms with Crippen LogP contribution in [0, 0.1) is 0 Å². The minimum absolute atomic E-state index is 0.212. The number of hydrogen-bond donors (Lipinski definition) is 0. The number of hydrogen-bond acceptors (Lipinski definition) is 4. The summed E-state index contributed by atoms with van der Waals surface area (Å²) in [5, 5.41) is 0. The summed E-state index contributed by atoms with van der Waals surface area (Å²) in [4.78, 5) is 10.0. The van der Waals surface area contributed by atoms with Crippen LogP contribution in [0.15, 0.2) is 30.5 Å². The lowest BCUT2D eigenvalue weighted by Crippen LogP contribution is -2.24. The zero-order valence-electron chi connectivity index (χ0n) is 17.2. The molecule has 0 unspecified atom stereocenters. The molecule has 0 aliphatic heterocycles. The van der Waals surface area contributed by atoms with E-state index in [1.807, 2.05) is 31.2 Å². The van der Waals surface area contributed by atoms with Gasteiger partial charge in [-0.25, -0.2) is 4.98 Å². The molecule has 1 aromatic heterocycles. The van der Waals surface area contributed by atoms with E-state index in [1.54, 1.807) is 4.90 Å². The molecule has 4 nitrogen and oxygen atoms in total. The van der Waals surface area contributed by atoms with Gasteiger partial charge in [0.15, 0.2) is 0 Å². The summed E-state index contributed by atoms with van der Waals surface area (Å²) in [6.07, 6.45) is 0.588. The number of rotatable bonds is 6. The fourth-order valence-electron chi connectivity index (χ4n) is 3.59. The molecule has 2 aromatic rings. The molecule has 0 spiro atoms. The minimum Gasteiger partial charge on any atom is -0.474 e. The van der Waals surface area contributed by atoms with Gasteiger partial charge >= 0.3 is 6.18 Å². The van der Waals surface area contributed by atoms with Crippen molar-refractivity contribution in [1.82, 2.24) is 9.97 Å². The lowest BCUT2D eigenvalue weighted by Gasteiger charge is -2.26. The van der Waals surface area contributed by atoms with Crippen molar-refractivity contribution in [3.63, 3.8) is 0 Å². The zero-order valence-corrected chi connectivity index (χ0v) is 17.2. The molecule has 1 aliphatic rings. The Labute approximate surface area is 170 Å². The van der Waals surface area contributed by atoms with Gasteiger partial charge in [-0.05, 0) is 56.2 Å². The molecule has 7 heteroatoms. The molecule has 0 atom stereocenters. The molecule has 0 amide bonds. The molecule has 29 heavy (non-hydrogen) atoms. The Hall–Kier alpha value is -2.31. The van der Waals surface area contributed by atoms with Gasteiger partial charge in [-0.15, -0.1) is 0 Å². The van der Waals surface area contributed by atoms with Gasteiger partial charge in [-0.1, -0.05) is 32.4 Å². The normalized spacial score (nSPS) is 15.6. The van der Waals surface area contributed by atoms with Gasteiger partial charge in [0.25, 0.3) is 0 Å². The van der Waals surface area contributed by atoms with Gasteiger partial charge in [0.2, 0.25) is 11.8 Å². The van der Waals surface area contributed by atoms with Crippen LogP contribution in [-0.4, -0.2) is 22.6 Å². The second kappa shape index (κ2) is 9.01. The lowest BCUT2D eigenvalue weighted by molar-refractivity contribution is -0.140. The van der Waals surface area contributed by atoms with Crippen LogP contribution in [0.2, 0.25) is 0 Å². The Kier molecular flexibility index (Phi) is 6.65. The highest BCUT2D eigenvalue weighted by molar-refractivity contribution is 5.58. The van der Waals surface area contributed by atoms with Crippen LogP contribution in [0.1, 0.15) is 69.9 Å². The number of benzene rings is 1. The van der Waals surface area contributed by atoms with E-state index in [9.17, 15) is 13.2 Å². The Morgan fingerprint density at radius 1 is 1.10 bits per heavy atom. The van der Waals surface area contributed by atoms with Crippen molar-refractivity contribution in [3.8, 4) is 5.88 Å². The highest BCUT2D eigenvalue weighted by Gasteiger charge is 2.37. The van der Waals surface area contributed by atoms with Crippen molar-refractivity contribution in [1.29, 1.82) is 0 Å². The Morgan fingerprint density at radius 2 is 1.76 bits per heavy atom. The van der Waals surface area contributed by atoms with Crippen molar-refractivity contribution in [2.24, 2.45) is 0 Å². The second-order valence-corrected chi connectivity index (χ2v) is 7.75. The predicted octanol–water partition coefficient (Wildman–Crippen LogP) is 6.49. The highest BCUT2D eigenvalue weighted by atomic mass is 19.4. The van der Waals surface area contributed by atoms with Crippen LogP contribution in [0.5, 0.6) is 5.88 Å². The first-order valence-corrected chi connectivity index (χ1v) is 10.3. The molecule has 0 N–H and O–H groups in total. The van der Waals surface area contributed by atoms with Gasteiger partial charge < -0.3 is 9.64 Å². The molecule has 1 aliphatic carbocycles. The molecule has 1 fully saturated rings. The summed E-state index contributed by atoms with van der Waals surface area (Å²) in [6, 6.07) is 7.93. The molecule has 0 saturated heterocycles. The maximum Gasteiger partial charge on any atom is 0.423 e. The number of aromatic nitrogens is 2. The van der Waals surface area contributed by atoms with E-state index >= 15 is 0 Å². The number of ether oxygens (including phenoxy) is 1. The van der Waals surface area contributed by atoms with Crippen molar-refractivity contribution in [2.75, 3.05) is 11.4 Å². The Balaban J connectivity index is 1.93. The zero-order chi connectivity index (χ0) is 21.0. The van der Waals surface area contributed by atoms with Crippen LogP contribution >= 0.6 is 0 Å². The lowest BCUT2D eigenvalue weighted by atomic mass is 9.98. The van der Waals surface area contributed by atoms with Gasteiger partial charge in [-0.3, -0.25) is 0 Å². The van der Waals surface area contributed by atoms with E-state index in [0.29, 0.717) is 12.5 Å². The molecule has 0 bridgehead atoms. The predicted molar refractivity (Wildman–Crippen MR) is 108 cm³/mol. The third-order valence-corrected chi connectivity index (χ3v) is 5.31. The van der Waals surface area contributed by atoms with Crippen molar-refractivity contribution < 1.29 is 17.9 Å². The van der Waals surface area contributed by atoms with Crippen LogP contribution in [0.3, 0.4) is 0 Å². The largest absolute Gasteiger partial charge is 0.474 e. The SMILES string of the molecule is CCN(c1ccc(C(C)C)cc1)c1ncc(C(F)(F)F)c(OC2CCCCC2)n1. The molecule has 1 aromatic carbocycles. The first-order chi connectivity index (χ1) is 13.8. The van der Waals surface area contributed by atoms with Crippen molar-refractivity contribution >= 4 is 11.6 Å². The molecule has 158 valence electrons. The summed E-state index contributed by atoms with van der Waals surface area (Å²) < 4.78 is 46.2. The summed E-state index contributed by atoms with van der Waals surface area (Å²) in [5.74, 6) is 0.243. The average Bonchev–Trinajstić information content (AvgIpc) is 2.69. The maximum absolute atomic E-state index is 13.5. The smallest absolute Gasteiger partial charge is 0.423 e. The number of anilines is 2. The first kappa shape index (κ1) is 21.4. The quantitative estimate of drug-likeness (QED) is 0.549. The van der Waals surface area contributed by atoms with E-state index in [0.717, 1.165) is 44.0 Å². The van der Waals surface area contributed by atoms with Crippen LogP contribution in [0.4, 0.5) is 24.8 Å². The topological polar surface area (TPSA) is 38.2 Å². The number of nitrogens with zero attached hydrogens (tertiary/aromatic N) is 3. The van der Waals surface area contributed by atoms with Gasteiger partial charge in [0.05, 0.1) is 0 Å². The average molecular weight is 407 g/mol. The Bertz CT molecular complexity index is 800. The highest BCUT2D eigenvalue weighted by Crippen LogP contribution is 2.37. The number of alkyl halides is 3. The standard InChI is InChI=1S/C22H28F3N3O/c1-4-28(17-12-10-16(11-13-17)15(2)3)21-26-14-19(22(23,24)25)20(27-21)29-18-8-6-5-7-9-18/h10-15,18H,4-9H2,1-3H3. The fraction of sp³-hybridized carbons (Fsp3) is 0.545. The van der Waals surface area contributed by atoms with Gasteiger partial charge in [0.1, 0.15) is 11.7 Å². The van der Waals surface area contributed by atoms with Gasteiger partial charge in [0, 0.05) is 18.4 Å². The van der Waals surface area contributed by atoms with Crippen LogP contribution < -0.4 is 9.64 Å². The van der Waals surface area contributed by atoms with Crippen molar-refractivity contribution in [2.45, 2.75) is 71.1 Å². The third-order valence-electron chi connectivity index (χ3n) is 5.31. The number of halogens is 3. The van der Waals surface area contributed by atoms with E-state index < -0.39 is 11.7 Å². The van der Waals surface area contributed by atoms with Crippen LogP contribution in [0.25, 0.3) is 0 Å². The fourth-order valence-corrected chi connectivity index (χ4v) is 3.59. The van der Waals surface area contributed by atoms with E-state index in [4.69, 9.17) is 4.74 Å². The van der Waals surface area contributed by atoms with Crippen molar-refractivity contribution in [3.05, 3.63) is 41.6 Å². The molecule has 1 heterocycles. The molecular formula is C22H28F3N3O. The van der Waals surface area contributed by atoms with Gasteiger partial charge in [-0.2, -0.15) is 18.2 Å². The second-order valence-electron chi connectivity index (χ2n) is 7.75. The molecular weight excluding hydrogens is 379 g/mol. The molecule has 1 saturated carbocycles. The minimum atomic E-state index is -4.56. The molecule has 3 rings (SSSR count). The third kappa shape index (κ3) is 5.19. The summed E-state index contributed by atoms with van der Waals surface area (Å²) >= 11 is 0. The first-order valence-electron chi connectivity index (χ1n) is 10.3.